The van der Waals surface area contributed by atoms with Gasteiger partial charge in [-0.25, -0.2) is 0 Å². The zero-order valence-corrected chi connectivity index (χ0v) is 29.1. The average Bonchev–Trinajstić information content (AvgIpc) is 3.55. The van der Waals surface area contributed by atoms with Crippen molar-refractivity contribution in [1.29, 1.82) is 0 Å². The van der Waals surface area contributed by atoms with E-state index in [1.807, 2.05) is 30.7 Å². The Labute approximate surface area is 302 Å². The third-order valence-corrected chi connectivity index (χ3v) is 15.8. The number of anilines is 6. The summed E-state index contributed by atoms with van der Waals surface area (Å²) in [5.74, 6) is 0. The first-order chi connectivity index (χ1) is 25.8. The van der Waals surface area contributed by atoms with Crippen molar-refractivity contribution in [2.75, 3.05) is 9.80 Å². The van der Waals surface area contributed by atoms with E-state index in [-0.39, 0.29) is 0 Å². The Kier molecular flexibility index (Phi) is 6.20. The first-order valence-electron chi connectivity index (χ1n) is 17.7. The van der Waals surface area contributed by atoms with Gasteiger partial charge >= 0.3 is 0 Å². The highest BCUT2D eigenvalue weighted by molar-refractivity contribution is 7.23. The lowest BCUT2D eigenvalue weighted by Gasteiger charge is -2.50. The summed E-state index contributed by atoms with van der Waals surface area (Å²) in [6, 6.07) is 62.3. The van der Waals surface area contributed by atoms with Crippen LogP contribution in [0.2, 0.25) is 0 Å². The summed E-state index contributed by atoms with van der Waals surface area (Å²) in [5, 5.41) is 6.68. The van der Waals surface area contributed by atoms with E-state index in [1.165, 1.54) is 43.5 Å². The monoisotopic (exact) mass is 681 g/mol. The number of nitrogens with zero attached hydrogens (tertiary/aromatic N) is 5. The summed E-state index contributed by atoms with van der Waals surface area (Å²) in [7, 11) is -2.85. The maximum atomic E-state index is 4.92. The summed E-state index contributed by atoms with van der Waals surface area (Å²) in [4.78, 5) is 14.3. The van der Waals surface area contributed by atoms with Crippen LogP contribution < -0.4 is 30.5 Å². The Balaban J connectivity index is 1.20. The maximum absolute atomic E-state index is 4.92. The predicted octanol–water partition coefficient (Wildman–Crippen LogP) is 8.52. The number of rotatable bonds is 3. The largest absolute Gasteiger partial charge is 0.311 e. The number of hydrogen-bond acceptors (Lipinski definition) is 4. The summed E-state index contributed by atoms with van der Waals surface area (Å²) in [6.07, 6.45) is 5.62. The third-order valence-electron chi connectivity index (χ3n) is 10.9. The van der Waals surface area contributed by atoms with E-state index in [2.05, 4.69) is 177 Å². The summed E-state index contributed by atoms with van der Waals surface area (Å²) in [6.45, 7) is 0. The van der Waals surface area contributed by atoms with Gasteiger partial charge in [-0.2, -0.15) is 0 Å². The topological polar surface area (TPSA) is 37.2 Å². The van der Waals surface area contributed by atoms with Gasteiger partial charge in [-0.15, -0.1) is 0 Å². The second-order valence-electron chi connectivity index (χ2n) is 13.4. The maximum Gasteiger partial charge on any atom is 0.188 e. The number of fused-ring (bicyclic) bond motifs is 11. The Morgan fingerprint density at radius 2 is 0.923 bits per heavy atom. The number of hydrogen-bond donors (Lipinski definition) is 0. The molecule has 0 atom stereocenters. The van der Waals surface area contributed by atoms with Gasteiger partial charge in [0, 0.05) is 51.9 Å². The molecule has 0 fully saturated rings. The molecule has 3 aromatic heterocycles. The normalized spacial score (nSPS) is 13.8. The van der Waals surface area contributed by atoms with Crippen molar-refractivity contribution in [3.63, 3.8) is 0 Å². The predicted molar refractivity (Wildman–Crippen MR) is 216 cm³/mol. The highest BCUT2D eigenvalue weighted by Gasteiger charge is 2.53. The Morgan fingerprint density at radius 3 is 1.50 bits per heavy atom. The minimum Gasteiger partial charge on any atom is -0.311 e. The number of benzene rings is 6. The second-order valence-corrected chi connectivity index (χ2v) is 17.1. The van der Waals surface area contributed by atoms with Crippen LogP contribution in [0.15, 0.2) is 188 Å². The third kappa shape index (κ3) is 3.87. The fourth-order valence-corrected chi connectivity index (χ4v) is 14.4. The van der Waals surface area contributed by atoms with Crippen molar-refractivity contribution in [2.45, 2.75) is 0 Å². The molecule has 6 heteroatoms. The molecule has 0 saturated carbocycles. The molecule has 1 spiro atoms. The molecular weight excluding hydrogens is 651 g/mol. The molecule has 0 N–H and O–H groups in total. The summed E-state index contributed by atoms with van der Waals surface area (Å²) < 4.78 is 2.27. The van der Waals surface area contributed by atoms with Crippen molar-refractivity contribution in [3.05, 3.63) is 188 Å². The van der Waals surface area contributed by atoms with Crippen LogP contribution in [0, 0.1) is 0 Å². The number of pyridine rings is 2. The first-order valence-corrected chi connectivity index (χ1v) is 19.7. The minimum absolute atomic E-state index is 0.976. The Morgan fingerprint density at radius 1 is 0.404 bits per heavy atom. The molecule has 244 valence electrons. The van der Waals surface area contributed by atoms with Gasteiger partial charge in [0.15, 0.2) is 8.07 Å². The molecular formula is C46H31N5Si. The van der Waals surface area contributed by atoms with Gasteiger partial charge in [0.2, 0.25) is 0 Å². The van der Waals surface area contributed by atoms with Crippen LogP contribution in [0.5, 0.6) is 0 Å². The Hall–Kier alpha value is -6.76. The van der Waals surface area contributed by atoms with Crippen LogP contribution in [-0.2, 0) is 0 Å². The van der Waals surface area contributed by atoms with E-state index in [0.717, 1.165) is 39.0 Å². The fourth-order valence-electron chi connectivity index (χ4n) is 8.93. The molecule has 0 aliphatic carbocycles. The van der Waals surface area contributed by atoms with Gasteiger partial charge in [-0.1, -0.05) is 91.0 Å². The zero-order valence-electron chi connectivity index (χ0n) is 28.1. The molecule has 0 amide bonds. The smallest absolute Gasteiger partial charge is 0.188 e. The van der Waals surface area contributed by atoms with Crippen LogP contribution in [0.1, 0.15) is 0 Å². The van der Waals surface area contributed by atoms with Gasteiger partial charge < -0.3 is 14.4 Å². The molecule has 0 unspecified atom stereocenters. The molecule has 5 nitrogen and oxygen atoms in total. The lowest BCUT2D eigenvalue weighted by atomic mass is 10.1. The molecule has 9 aromatic rings. The van der Waals surface area contributed by atoms with Crippen LogP contribution >= 0.6 is 0 Å². The van der Waals surface area contributed by atoms with E-state index in [4.69, 9.17) is 4.98 Å². The van der Waals surface area contributed by atoms with Gasteiger partial charge in [0.1, 0.15) is 0 Å². The average molecular weight is 682 g/mol. The second kappa shape index (κ2) is 11.1. The lowest BCUT2D eigenvalue weighted by Crippen LogP contribution is -2.79. The highest BCUT2D eigenvalue weighted by Crippen LogP contribution is 2.45. The van der Waals surface area contributed by atoms with Crippen molar-refractivity contribution >= 4 is 84.9 Å². The van der Waals surface area contributed by atoms with Crippen molar-refractivity contribution in [3.8, 4) is 5.69 Å². The zero-order chi connectivity index (χ0) is 34.2. The minimum atomic E-state index is -2.85. The van der Waals surface area contributed by atoms with Crippen molar-refractivity contribution in [2.24, 2.45) is 0 Å². The number of para-hydroxylation sites is 5. The van der Waals surface area contributed by atoms with E-state index in [0.29, 0.717) is 0 Å². The van der Waals surface area contributed by atoms with E-state index in [9.17, 15) is 0 Å². The highest BCUT2D eigenvalue weighted by atomic mass is 28.3. The molecule has 6 aromatic carbocycles. The molecule has 11 rings (SSSR count). The molecule has 52 heavy (non-hydrogen) atoms. The van der Waals surface area contributed by atoms with E-state index < -0.39 is 8.07 Å². The van der Waals surface area contributed by atoms with Gasteiger partial charge in [-0.05, 0) is 99.6 Å². The van der Waals surface area contributed by atoms with Crippen molar-refractivity contribution in [1.82, 2.24) is 14.5 Å². The lowest BCUT2D eigenvalue weighted by molar-refractivity contribution is 1.14. The fraction of sp³-hybridized carbons (Fsp3) is 0. The summed E-state index contributed by atoms with van der Waals surface area (Å²) >= 11 is 0. The quantitative estimate of drug-likeness (QED) is 0.175. The van der Waals surface area contributed by atoms with Crippen LogP contribution in [-0.4, -0.2) is 22.6 Å². The van der Waals surface area contributed by atoms with Crippen molar-refractivity contribution < 1.29 is 0 Å². The van der Waals surface area contributed by atoms with E-state index >= 15 is 0 Å². The molecule has 0 radical (unpaired) electrons. The van der Waals surface area contributed by atoms with E-state index in [1.54, 1.807) is 0 Å². The summed E-state index contributed by atoms with van der Waals surface area (Å²) in [5.41, 5.74) is 11.3. The van der Waals surface area contributed by atoms with Gasteiger partial charge in [0.05, 0.1) is 28.4 Å². The SMILES string of the molecule is c1ccc(N2c3ccccc3[Si]3(c4ccccc42)c2ccccc2N(c2ccc4c(c2)c2ncccc2n4-c2cccnc2)c2ccccc23)cc1. The molecule has 5 heterocycles. The van der Waals surface area contributed by atoms with Gasteiger partial charge in [-0.3, -0.25) is 9.97 Å². The van der Waals surface area contributed by atoms with Gasteiger partial charge in [0.25, 0.3) is 0 Å². The number of aromatic nitrogens is 3. The standard InChI is InChI=1S/C46H31N5Si/c1-2-14-32(15-3-1)49-37-17-4-8-22-42(37)52(43-23-9-5-18-38(43)49)44-24-10-6-19-39(44)50(40-20-7-11-25-45(40)52)33-26-27-36-35(30-33)46-41(21-13-29-48-46)51(36)34-16-12-28-47-31-34/h1-31H. The first kappa shape index (κ1) is 29.0. The molecule has 2 aliphatic rings. The molecule has 0 bridgehead atoms. The van der Waals surface area contributed by atoms with Crippen LogP contribution in [0.4, 0.5) is 34.1 Å². The Bertz CT molecular complexity index is 2730. The van der Waals surface area contributed by atoms with Crippen LogP contribution in [0.3, 0.4) is 0 Å². The van der Waals surface area contributed by atoms with Crippen LogP contribution in [0.25, 0.3) is 27.6 Å². The molecule has 2 aliphatic heterocycles. The molecule has 0 saturated heterocycles.